The summed E-state index contributed by atoms with van der Waals surface area (Å²) in [4.78, 5) is 0. The molecular formula is C14H18ClNO. The van der Waals surface area contributed by atoms with Crippen molar-refractivity contribution in [2.24, 2.45) is 0 Å². The van der Waals surface area contributed by atoms with E-state index < -0.39 is 5.60 Å². The fourth-order valence-electron chi connectivity index (χ4n) is 2.83. The lowest BCUT2D eigenvalue weighted by atomic mass is 9.80. The van der Waals surface area contributed by atoms with Crippen LogP contribution in [-0.4, -0.2) is 23.3 Å². The molecule has 0 bridgehead atoms. The zero-order valence-electron chi connectivity index (χ0n) is 9.88. The summed E-state index contributed by atoms with van der Waals surface area (Å²) in [6, 6.07) is 6.61. The Morgan fingerprint density at radius 3 is 2.76 bits per heavy atom. The molecule has 3 heteroatoms. The largest absolute Gasteiger partial charge is 0.389 e. The topological polar surface area (TPSA) is 32.3 Å². The summed E-state index contributed by atoms with van der Waals surface area (Å²) in [5, 5.41) is 14.4. The van der Waals surface area contributed by atoms with Gasteiger partial charge in [-0.25, -0.2) is 0 Å². The molecule has 1 aromatic carbocycles. The van der Waals surface area contributed by atoms with Crippen LogP contribution in [0.1, 0.15) is 30.4 Å². The van der Waals surface area contributed by atoms with Crippen molar-refractivity contribution in [3.8, 4) is 0 Å². The van der Waals surface area contributed by atoms with E-state index in [9.17, 15) is 5.11 Å². The van der Waals surface area contributed by atoms with Gasteiger partial charge in [-0.15, -0.1) is 0 Å². The molecule has 1 saturated carbocycles. The van der Waals surface area contributed by atoms with Crippen LogP contribution in [0.15, 0.2) is 18.2 Å². The Labute approximate surface area is 107 Å². The lowest BCUT2D eigenvalue weighted by Gasteiger charge is -2.37. The van der Waals surface area contributed by atoms with Gasteiger partial charge in [0.15, 0.2) is 0 Å². The molecule has 0 heterocycles. The van der Waals surface area contributed by atoms with Crippen molar-refractivity contribution < 1.29 is 5.11 Å². The van der Waals surface area contributed by atoms with Gasteiger partial charge in [0, 0.05) is 17.6 Å². The van der Waals surface area contributed by atoms with Crippen LogP contribution >= 0.6 is 11.6 Å². The Bertz CT molecular complexity index is 428. The molecule has 0 radical (unpaired) electrons. The van der Waals surface area contributed by atoms with Crippen LogP contribution in [0.25, 0.3) is 0 Å². The summed E-state index contributed by atoms with van der Waals surface area (Å²) >= 11 is 5.99. The van der Waals surface area contributed by atoms with Crippen molar-refractivity contribution in [3.05, 3.63) is 34.3 Å². The number of hydrogen-bond acceptors (Lipinski definition) is 2. The molecule has 1 atom stereocenters. The first kappa shape index (κ1) is 11.5. The van der Waals surface area contributed by atoms with Gasteiger partial charge in [-0.3, -0.25) is 0 Å². The molecule has 17 heavy (non-hydrogen) atoms. The second-order valence-electron chi connectivity index (χ2n) is 5.48. The second kappa shape index (κ2) is 4.27. The van der Waals surface area contributed by atoms with Gasteiger partial charge < -0.3 is 10.4 Å². The van der Waals surface area contributed by atoms with E-state index in [-0.39, 0.29) is 0 Å². The number of hydrogen-bond donors (Lipinski definition) is 2. The highest BCUT2D eigenvalue weighted by Crippen LogP contribution is 2.31. The Kier molecular flexibility index (Phi) is 2.89. The summed E-state index contributed by atoms with van der Waals surface area (Å²) in [6.45, 7) is 0.736. The predicted molar refractivity (Wildman–Crippen MR) is 69.5 cm³/mol. The normalized spacial score (nSPS) is 25.4. The number of halogens is 1. The van der Waals surface area contributed by atoms with Crippen LogP contribution in [0.5, 0.6) is 0 Å². The van der Waals surface area contributed by atoms with Crippen molar-refractivity contribution in [2.75, 3.05) is 6.54 Å². The van der Waals surface area contributed by atoms with Gasteiger partial charge >= 0.3 is 0 Å². The minimum absolute atomic E-state index is 0.424. The maximum Gasteiger partial charge on any atom is 0.0771 e. The summed E-state index contributed by atoms with van der Waals surface area (Å²) in [5.74, 6) is 0. The van der Waals surface area contributed by atoms with Crippen molar-refractivity contribution in [1.29, 1.82) is 0 Å². The number of fused-ring (bicyclic) bond motifs is 1. The Balaban J connectivity index is 1.58. The maximum absolute atomic E-state index is 10.0. The van der Waals surface area contributed by atoms with Crippen LogP contribution in [0.3, 0.4) is 0 Å². The molecule has 92 valence electrons. The molecule has 3 rings (SSSR count). The summed E-state index contributed by atoms with van der Waals surface area (Å²) in [6.07, 6.45) is 5.16. The SMILES string of the molecule is OC1(CNC2Cc3ccc(Cl)cc3C2)CCC1. The van der Waals surface area contributed by atoms with Crippen molar-refractivity contribution in [2.45, 2.75) is 43.7 Å². The third-order valence-corrected chi connectivity index (χ3v) is 4.34. The highest BCUT2D eigenvalue weighted by Gasteiger charge is 2.35. The first-order valence-corrected chi connectivity index (χ1v) is 6.76. The molecule has 0 amide bonds. The number of nitrogens with one attached hydrogen (secondary N) is 1. The van der Waals surface area contributed by atoms with E-state index in [0.717, 1.165) is 37.3 Å². The van der Waals surface area contributed by atoms with E-state index in [2.05, 4.69) is 17.4 Å². The second-order valence-corrected chi connectivity index (χ2v) is 5.91. The zero-order valence-corrected chi connectivity index (χ0v) is 10.6. The third kappa shape index (κ3) is 2.35. The monoisotopic (exact) mass is 251 g/mol. The summed E-state index contributed by atoms with van der Waals surface area (Å²) < 4.78 is 0. The third-order valence-electron chi connectivity index (χ3n) is 4.10. The molecule has 0 aliphatic heterocycles. The molecule has 2 aliphatic rings. The van der Waals surface area contributed by atoms with Crippen molar-refractivity contribution >= 4 is 11.6 Å². The highest BCUT2D eigenvalue weighted by molar-refractivity contribution is 6.30. The van der Waals surface area contributed by atoms with Gasteiger partial charge in [0.05, 0.1) is 5.60 Å². The first-order valence-electron chi connectivity index (χ1n) is 6.38. The first-order chi connectivity index (χ1) is 8.15. The fraction of sp³-hybridized carbons (Fsp3) is 0.571. The average Bonchev–Trinajstić information content (AvgIpc) is 2.65. The number of benzene rings is 1. The van der Waals surface area contributed by atoms with Gasteiger partial charge in [0.25, 0.3) is 0 Å². The Morgan fingerprint density at radius 1 is 1.29 bits per heavy atom. The lowest BCUT2D eigenvalue weighted by Crippen LogP contribution is -2.49. The Hall–Kier alpha value is -0.570. The standard InChI is InChI=1S/C14H18ClNO/c15-12-3-2-10-7-13(8-11(10)6-12)16-9-14(17)4-1-5-14/h2-3,6,13,16-17H,1,4-5,7-9H2. The molecule has 0 saturated heterocycles. The summed E-state index contributed by atoms with van der Waals surface area (Å²) in [7, 11) is 0. The molecule has 2 nitrogen and oxygen atoms in total. The summed E-state index contributed by atoms with van der Waals surface area (Å²) in [5.41, 5.74) is 2.33. The van der Waals surface area contributed by atoms with E-state index in [4.69, 9.17) is 11.6 Å². The fourth-order valence-corrected chi connectivity index (χ4v) is 3.02. The quantitative estimate of drug-likeness (QED) is 0.864. The van der Waals surface area contributed by atoms with E-state index in [0.29, 0.717) is 6.04 Å². The van der Waals surface area contributed by atoms with Crippen LogP contribution in [0.2, 0.25) is 5.02 Å². The van der Waals surface area contributed by atoms with Crippen LogP contribution in [0, 0.1) is 0 Å². The molecule has 0 spiro atoms. The molecule has 1 unspecified atom stereocenters. The molecule has 0 aromatic heterocycles. The maximum atomic E-state index is 10.0. The van der Waals surface area contributed by atoms with Crippen LogP contribution in [0.4, 0.5) is 0 Å². The number of rotatable bonds is 3. The highest BCUT2D eigenvalue weighted by atomic mass is 35.5. The number of aliphatic hydroxyl groups is 1. The average molecular weight is 252 g/mol. The van der Waals surface area contributed by atoms with E-state index in [1.807, 2.05) is 6.07 Å². The molecule has 2 N–H and O–H groups in total. The zero-order chi connectivity index (χ0) is 11.9. The predicted octanol–water partition coefficient (Wildman–Crippen LogP) is 2.31. The molecule has 2 aliphatic carbocycles. The van der Waals surface area contributed by atoms with Gasteiger partial charge in [-0.2, -0.15) is 0 Å². The minimum Gasteiger partial charge on any atom is -0.389 e. The van der Waals surface area contributed by atoms with E-state index >= 15 is 0 Å². The van der Waals surface area contributed by atoms with Gasteiger partial charge in [-0.1, -0.05) is 17.7 Å². The smallest absolute Gasteiger partial charge is 0.0771 e. The van der Waals surface area contributed by atoms with Crippen molar-refractivity contribution in [1.82, 2.24) is 5.32 Å². The van der Waals surface area contributed by atoms with Gasteiger partial charge in [0.1, 0.15) is 0 Å². The Morgan fingerprint density at radius 2 is 2.06 bits per heavy atom. The lowest BCUT2D eigenvalue weighted by molar-refractivity contribution is -0.0330. The van der Waals surface area contributed by atoms with E-state index in [1.165, 1.54) is 17.5 Å². The van der Waals surface area contributed by atoms with E-state index in [1.54, 1.807) is 0 Å². The molecular weight excluding hydrogens is 234 g/mol. The van der Waals surface area contributed by atoms with Crippen LogP contribution < -0.4 is 5.32 Å². The molecule has 1 aromatic rings. The minimum atomic E-state index is -0.424. The molecule has 1 fully saturated rings. The van der Waals surface area contributed by atoms with Gasteiger partial charge in [-0.05, 0) is 55.4 Å². The van der Waals surface area contributed by atoms with Crippen molar-refractivity contribution in [3.63, 3.8) is 0 Å². The van der Waals surface area contributed by atoms with Crippen LogP contribution in [-0.2, 0) is 12.8 Å². The van der Waals surface area contributed by atoms with Gasteiger partial charge in [0.2, 0.25) is 0 Å².